The number of carbonyl (C=O) groups excluding carboxylic acids is 1. The Kier molecular flexibility index (Phi) is 7.04. The zero-order chi connectivity index (χ0) is 13.5. The van der Waals surface area contributed by atoms with Crippen LogP contribution in [0.25, 0.3) is 0 Å². The van der Waals surface area contributed by atoms with E-state index in [1.807, 2.05) is 11.2 Å². The van der Waals surface area contributed by atoms with Crippen LogP contribution in [0.3, 0.4) is 0 Å². The van der Waals surface area contributed by atoms with Crippen molar-refractivity contribution in [3.8, 4) is 0 Å². The third kappa shape index (κ3) is 4.78. The number of rotatable bonds is 6. The van der Waals surface area contributed by atoms with Crippen LogP contribution < -0.4 is 0 Å². The highest BCUT2D eigenvalue weighted by Crippen LogP contribution is 2.15. The Morgan fingerprint density at radius 1 is 1.44 bits per heavy atom. The summed E-state index contributed by atoms with van der Waals surface area (Å²) in [6.07, 6.45) is 2.72. The van der Waals surface area contributed by atoms with Crippen LogP contribution in [0.4, 0.5) is 0 Å². The summed E-state index contributed by atoms with van der Waals surface area (Å²) in [5.74, 6) is 1.42. The van der Waals surface area contributed by atoms with Crippen molar-refractivity contribution in [3.63, 3.8) is 0 Å². The molecule has 1 N–H and O–H groups in total. The number of amides is 1. The number of piperazine rings is 1. The van der Waals surface area contributed by atoms with E-state index in [2.05, 4.69) is 18.7 Å². The summed E-state index contributed by atoms with van der Waals surface area (Å²) in [6, 6.07) is 0.317. The lowest BCUT2D eigenvalue weighted by Gasteiger charge is -2.42. The number of carbonyl (C=O) groups is 1. The van der Waals surface area contributed by atoms with Crippen LogP contribution in [0.15, 0.2) is 0 Å². The van der Waals surface area contributed by atoms with Crippen molar-refractivity contribution < 1.29 is 9.90 Å². The van der Waals surface area contributed by atoms with Crippen LogP contribution in [0.1, 0.15) is 20.3 Å². The van der Waals surface area contributed by atoms with Gasteiger partial charge in [-0.05, 0) is 18.6 Å². The molecule has 1 atom stereocenters. The molecule has 1 unspecified atom stereocenters. The van der Waals surface area contributed by atoms with Crippen molar-refractivity contribution in [2.45, 2.75) is 26.3 Å². The van der Waals surface area contributed by atoms with Gasteiger partial charge in [0.2, 0.25) is 5.91 Å². The minimum absolute atomic E-state index is 0.198. The molecule has 0 saturated carbocycles. The molecule has 0 aromatic heterocycles. The lowest BCUT2D eigenvalue weighted by molar-refractivity contribution is -0.131. The molecule has 1 fully saturated rings. The maximum atomic E-state index is 11.9. The number of hydrogen-bond donors (Lipinski definition) is 1. The normalized spacial score (nSPS) is 21.6. The van der Waals surface area contributed by atoms with Gasteiger partial charge in [0.25, 0.3) is 0 Å². The number of aliphatic hydroxyl groups is 1. The van der Waals surface area contributed by atoms with Gasteiger partial charge in [0.05, 0.1) is 5.75 Å². The van der Waals surface area contributed by atoms with Crippen LogP contribution in [-0.4, -0.2) is 71.6 Å². The molecule has 1 aliphatic rings. The van der Waals surface area contributed by atoms with Gasteiger partial charge in [0.15, 0.2) is 0 Å². The first-order valence-corrected chi connectivity index (χ1v) is 8.09. The predicted octanol–water partition coefficient (Wildman–Crippen LogP) is 0.901. The summed E-state index contributed by atoms with van der Waals surface area (Å²) in [4.78, 5) is 16.3. The monoisotopic (exact) mass is 274 g/mol. The Morgan fingerprint density at radius 3 is 2.72 bits per heavy atom. The highest BCUT2D eigenvalue weighted by Gasteiger charge is 2.28. The van der Waals surface area contributed by atoms with E-state index in [9.17, 15) is 4.79 Å². The standard InChI is InChI=1S/C13H26N2O2S/c1-11(2)8-14-5-6-15(13(17)10-18-3)9-12(14)4-7-16/h11-12,16H,4-10H2,1-3H3. The van der Waals surface area contributed by atoms with Gasteiger partial charge < -0.3 is 10.0 Å². The molecule has 18 heavy (non-hydrogen) atoms. The zero-order valence-corrected chi connectivity index (χ0v) is 12.6. The van der Waals surface area contributed by atoms with E-state index in [0.29, 0.717) is 17.7 Å². The molecule has 0 radical (unpaired) electrons. The van der Waals surface area contributed by atoms with E-state index in [1.165, 1.54) is 0 Å². The van der Waals surface area contributed by atoms with Crippen LogP contribution in [0, 0.1) is 5.92 Å². The van der Waals surface area contributed by atoms with Gasteiger partial charge in [-0.2, -0.15) is 11.8 Å². The van der Waals surface area contributed by atoms with E-state index in [1.54, 1.807) is 11.8 Å². The van der Waals surface area contributed by atoms with Crippen molar-refractivity contribution in [3.05, 3.63) is 0 Å². The summed E-state index contributed by atoms with van der Waals surface area (Å²) in [5, 5.41) is 9.16. The molecule has 1 saturated heterocycles. The third-order valence-corrected chi connectivity index (χ3v) is 3.82. The van der Waals surface area contributed by atoms with Crippen LogP contribution >= 0.6 is 11.8 Å². The van der Waals surface area contributed by atoms with E-state index in [-0.39, 0.29) is 12.5 Å². The molecule has 1 rings (SSSR count). The third-order valence-electron chi connectivity index (χ3n) is 3.29. The van der Waals surface area contributed by atoms with Crippen molar-refractivity contribution in [1.29, 1.82) is 0 Å². The molecule has 0 aliphatic carbocycles. The van der Waals surface area contributed by atoms with Gasteiger partial charge >= 0.3 is 0 Å². The first-order valence-electron chi connectivity index (χ1n) is 6.70. The average molecular weight is 274 g/mol. The van der Waals surface area contributed by atoms with Gasteiger partial charge in [0.1, 0.15) is 0 Å². The molecule has 1 aliphatic heterocycles. The van der Waals surface area contributed by atoms with Crippen molar-refractivity contribution in [2.75, 3.05) is 44.8 Å². The molecule has 0 aromatic rings. The van der Waals surface area contributed by atoms with Gasteiger partial charge in [-0.25, -0.2) is 0 Å². The number of aliphatic hydroxyl groups excluding tert-OH is 1. The minimum Gasteiger partial charge on any atom is -0.396 e. The second kappa shape index (κ2) is 8.02. The van der Waals surface area contributed by atoms with E-state index in [4.69, 9.17) is 5.11 Å². The molecule has 0 aromatic carbocycles. The summed E-state index contributed by atoms with van der Waals surface area (Å²) >= 11 is 1.58. The van der Waals surface area contributed by atoms with Crippen molar-refractivity contribution >= 4 is 17.7 Å². The second-order valence-electron chi connectivity index (χ2n) is 5.33. The summed E-state index contributed by atoms with van der Waals surface area (Å²) < 4.78 is 0. The summed E-state index contributed by atoms with van der Waals surface area (Å²) in [5.41, 5.74) is 0. The van der Waals surface area contributed by atoms with E-state index >= 15 is 0 Å². The predicted molar refractivity (Wildman–Crippen MR) is 76.9 cm³/mol. The largest absolute Gasteiger partial charge is 0.396 e. The maximum absolute atomic E-state index is 11.9. The average Bonchev–Trinajstić information content (AvgIpc) is 2.31. The molecule has 4 nitrogen and oxygen atoms in total. The smallest absolute Gasteiger partial charge is 0.232 e. The number of thioether (sulfide) groups is 1. The van der Waals surface area contributed by atoms with Gasteiger partial charge in [-0.1, -0.05) is 13.8 Å². The van der Waals surface area contributed by atoms with Gasteiger partial charge in [-0.3, -0.25) is 9.69 Å². The Morgan fingerprint density at radius 2 is 2.17 bits per heavy atom. The van der Waals surface area contributed by atoms with Gasteiger partial charge in [0, 0.05) is 38.8 Å². The fourth-order valence-electron chi connectivity index (χ4n) is 2.47. The number of nitrogens with zero attached hydrogens (tertiary/aromatic N) is 2. The van der Waals surface area contributed by atoms with E-state index in [0.717, 1.165) is 32.6 Å². The van der Waals surface area contributed by atoms with Crippen LogP contribution in [-0.2, 0) is 4.79 Å². The molecule has 5 heteroatoms. The first kappa shape index (κ1) is 15.8. The number of hydrogen-bond acceptors (Lipinski definition) is 4. The highest BCUT2D eigenvalue weighted by atomic mass is 32.2. The Hall–Kier alpha value is -0.260. The van der Waals surface area contributed by atoms with Crippen molar-refractivity contribution in [2.24, 2.45) is 5.92 Å². The fourth-order valence-corrected chi connectivity index (χ4v) is 2.90. The summed E-state index contributed by atoms with van der Waals surface area (Å²) in [6.45, 7) is 8.20. The molecule has 1 heterocycles. The lowest BCUT2D eigenvalue weighted by Crippen LogP contribution is -2.56. The van der Waals surface area contributed by atoms with Crippen LogP contribution in [0.5, 0.6) is 0 Å². The highest BCUT2D eigenvalue weighted by molar-refractivity contribution is 7.99. The molecular weight excluding hydrogens is 248 g/mol. The lowest BCUT2D eigenvalue weighted by atomic mass is 10.1. The topological polar surface area (TPSA) is 43.8 Å². The molecule has 1 amide bonds. The maximum Gasteiger partial charge on any atom is 0.232 e. The SMILES string of the molecule is CSCC(=O)N1CCN(CC(C)C)C(CCO)C1. The molecule has 0 bridgehead atoms. The minimum atomic E-state index is 0.198. The fraction of sp³-hybridized carbons (Fsp3) is 0.923. The summed E-state index contributed by atoms with van der Waals surface area (Å²) in [7, 11) is 0. The van der Waals surface area contributed by atoms with E-state index < -0.39 is 0 Å². The second-order valence-corrected chi connectivity index (χ2v) is 6.19. The quantitative estimate of drug-likeness (QED) is 0.781. The van der Waals surface area contributed by atoms with Gasteiger partial charge in [-0.15, -0.1) is 0 Å². The Labute approximate surface area is 115 Å². The first-order chi connectivity index (χ1) is 8.58. The molecule has 106 valence electrons. The Bertz CT molecular complexity index is 261. The van der Waals surface area contributed by atoms with Crippen molar-refractivity contribution in [1.82, 2.24) is 9.80 Å². The molecular formula is C13H26N2O2S. The zero-order valence-electron chi connectivity index (χ0n) is 11.8. The van der Waals surface area contributed by atoms with Crippen LogP contribution in [0.2, 0.25) is 0 Å². The molecule has 0 spiro atoms. The Balaban J connectivity index is 2.55.